The predicted molar refractivity (Wildman–Crippen MR) is 102 cm³/mol. The van der Waals surface area contributed by atoms with E-state index in [1.807, 2.05) is 6.07 Å². The van der Waals surface area contributed by atoms with E-state index in [1.165, 1.54) is 22.3 Å². The molecule has 0 saturated heterocycles. The van der Waals surface area contributed by atoms with Gasteiger partial charge in [0.2, 0.25) is 0 Å². The SMILES string of the molecule is CC1=C(C)C[C@@]2(C(C)(C)C)C(=O)[C@H](C1)[C@H](C)/C2=C/c1ccccc1. The van der Waals surface area contributed by atoms with Crippen molar-refractivity contribution in [3.05, 3.63) is 52.6 Å². The van der Waals surface area contributed by atoms with Gasteiger partial charge in [-0.1, -0.05) is 80.8 Å². The van der Waals surface area contributed by atoms with Crippen LogP contribution in [0.4, 0.5) is 0 Å². The van der Waals surface area contributed by atoms with Crippen LogP contribution in [0.1, 0.15) is 59.9 Å². The molecular weight excluding hydrogens is 292 g/mol. The summed E-state index contributed by atoms with van der Waals surface area (Å²) in [5, 5.41) is 0. The second kappa shape index (κ2) is 5.72. The smallest absolute Gasteiger partial charge is 0.147 e. The zero-order chi connectivity index (χ0) is 17.7. The van der Waals surface area contributed by atoms with Crippen molar-refractivity contribution in [2.45, 2.75) is 54.4 Å². The van der Waals surface area contributed by atoms with Gasteiger partial charge in [-0.2, -0.15) is 0 Å². The van der Waals surface area contributed by atoms with Gasteiger partial charge in [-0.05, 0) is 43.6 Å². The number of rotatable bonds is 1. The lowest BCUT2D eigenvalue weighted by Crippen LogP contribution is -2.42. The Balaban J connectivity index is 2.25. The number of fused-ring (bicyclic) bond motifs is 2. The first-order valence-corrected chi connectivity index (χ1v) is 9.15. The molecule has 0 radical (unpaired) electrons. The van der Waals surface area contributed by atoms with E-state index in [0.29, 0.717) is 11.7 Å². The van der Waals surface area contributed by atoms with Crippen LogP contribution in [0.3, 0.4) is 0 Å². The van der Waals surface area contributed by atoms with Crippen molar-refractivity contribution in [2.75, 3.05) is 0 Å². The van der Waals surface area contributed by atoms with Gasteiger partial charge in [0.05, 0.1) is 5.41 Å². The lowest BCUT2D eigenvalue weighted by atomic mass is 9.59. The minimum Gasteiger partial charge on any atom is -0.298 e. The number of carbonyl (C=O) groups excluding carboxylic acids is 1. The third kappa shape index (κ3) is 2.41. The van der Waals surface area contributed by atoms with Gasteiger partial charge in [0.1, 0.15) is 5.78 Å². The molecule has 0 N–H and O–H groups in total. The molecule has 0 unspecified atom stereocenters. The molecule has 0 spiro atoms. The summed E-state index contributed by atoms with van der Waals surface area (Å²) >= 11 is 0. The molecule has 1 aromatic carbocycles. The highest BCUT2D eigenvalue weighted by Gasteiger charge is 2.61. The Bertz CT molecular complexity index is 714. The van der Waals surface area contributed by atoms with Gasteiger partial charge < -0.3 is 0 Å². The van der Waals surface area contributed by atoms with E-state index in [4.69, 9.17) is 0 Å². The van der Waals surface area contributed by atoms with Crippen LogP contribution in [0.25, 0.3) is 6.08 Å². The Morgan fingerprint density at radius 3 is 2.29 bits per heavy atom. The topological polar surface area (TPSA) is 17.1 Å². The molecular formula is C23H30O. The molecule has 1 fully saturated rings. The average molecular weight is 322 g/mol. The maximum Gasteiger partial charge on any atom is 0.147 e. The number of benzene rings is 1. The molecule has 1 nitrogen and oxygen atoms in total. The molecule has 0 heterocycles. The first kappa shape index (κ1) is 17.2. The van der Waals surface area contributed by atoms with Crippen LogP contribution < -0.4 is 0 Å². The summed E-state index contributed by atoms with van der Waals surface area (Å²) in [7, 11) is 0. The standard InChI is InChI=1S/C23H30O/c1-15-12-19-17(3)20(13-18-10-8-7-9-11-18)23(21(19)24,14-16(15)2)22(4,5)6/h7-11,13,17,19H,12,14H2,1-6H3/b20-13-/t17-,19+,23-/m0/s1. The molecule has 0 aliphatic heterocycles. The first-order chi connectivity index (χ1) is 11.2. The molecule has 2 aliphatic rings. The molecule has 2 aliphatic carbocycles. The van der Waals surface area contributed by atoms with Gasteiger partial charge in [-0.3, -0.25) is 4.79 Å². The van der Waals surface area contributed by atoms with Crippen LogP contribution in [0.5, 0.6) is 0 Å². The normalized spacial score (nSPS) is 32.4. The number of Topliss-reactive ketones (excluding diaryl/α,β-unsaturated/α-hetero) is 1. The maximum absolute atomic E-state index is 13.6. The highest BCUT2D eigenvalue weighted by Crippen LogP contribution is 2.62. The summed E-state index contributed by atoms with van der Waals surface area (Å²) in [4.78, 5) is 13.6. The highest BCUT2D eigenvalue weighted by atomic mass is 16.1. The summed E-state index contributed by atoms with van der Waals surface area (Å²) < 4.78 is 0. The zero-order valence-corrected chi connectivity index (χ0v) is 15.9. The molecule has 0 amide bonds. The van der Waals surface area contributed by atoms with Crippen LogP contribution in [0.2, 0.25) is 0 Å². The maximum atomic E-state index is 13.6. The van der Waals surface area contributed by atoms with Crippen molar-refractivity contribution >= 4 is 11.9 Å². The van der Waals surface area contributed by atoms with E-state index in [1.54, 1.807) is 0 Å². The Morgan fingerprint density at radius 2 is 1.71 bits per heavy atom. The van der Waals surface area contributed by atoms with E-state index in [9.17, 15) is 4.79 Å². The molecule has 24 heavy (non-hydrogen) atoms. The Kier molecular flexibility index (Phi) is 4.10. The van der Waals surface area contributed by atoms with E-state index in [-0.39, 0.29) is 16.7 Å². The van der Waals surface area contributed by atoms with Crippen LogP contribution in [-0.2, 0) is 4.79 Å². The summed E-state index contributed by atoms with van der Waals surface area (Å²) in [6.07, 6.45) is 4.11. The van der Waals surface area contributed by atoms with Gasteiger partial charge in [-0.25, -0.2) is 0 Å². The Labute approximate surface area is 146 Å². The summed E-state index contributed by atoms with van der Waals surface area (Å²) in [6, 6.07) is 10.5. The molecule has 128 valence electrons. The summed E-state index contributed by atoms with van der Waals surface area (Å²) in [6.45, 7) is 13.4. The van der Waals surface area contributed by atoms with E-state index < -0.39 is 0 Å². The third-order valence-corrected chi connectivity index (χ3v) is 6.53. The lowest BCUT2D eigenvalue weighted by Gasteiger charge is -2.43. The quantitative estimate of drug-likeness (QED) is 0.574. The van der Waals surface area contributed by atoms with Gasteiger partial charge in [0, 0.05) is 5.92 Å². The minimum absolute atomic E-state index is 0.0837. The molecule has 1 saturated carbocycles. The van der Waals surface area contributed by atoms with E-state index in [0.717, 1.165) is 12.8 Å². The van der Waals surface area contributed by atoms with Gasteiger partial charge in [-0.15, -0.1) is 0 Å². The molecule has 3 rings (SSSR count). The van der Waals surface area contributed by atoms with Crippen molar-refractivity contribution in [1.82, 2.24) is 0 Å². The molecule has 0 aromatic heterocycles. The van der Waals surface area contributed by atoms with Crippen LogP contribution >= 0.6 is 0 Å². The Morgan fingerprint density at radius 1 is 1.08 bits per heavy atom. The number of carbonyl (C=O) groups is 1. The molecule has 1 aromatic rings. The second-order valence-corrected chi connectivity index (χ2v) is 8.87. The monoisotopic (exact) mass is 322 g/mol. The highest BCUT2D eigenvalue weighted by molar-refractivity contribution is 5.97. The number of hydrogen-bond donors (Lipinski definition) is 0. The van der Waals surface area contributed by atoms with Crippen molar-refractivity contribution in [1.29, 1.82) is 0 Å². The van der Waals surface area contributed by atoms with Crippen LogP contribution in [0.15, 0.2) is 47.1 Å². The number of hydrogen-bond acceptors (Lipinski definition) is 1. The summed E-state index contributed by atoms with van der Waals surface area (Å²) in [5.41, 5.74) is 4.94. The van der Waals surface area contributed by atoms with Gasteiger partial charge in [0.15, 0.2) is 0 Å². The molecule has 1 heteroatoms. The predicted octanol–water partition coefficient (Wildman–Crippen LogP) is 6.07. The van der Waals surface area contributed by atoms with Crippen LogP contribution in [-0.4, -0.2) is 5.78 Å². The Hall–Kier alpha value is -1.63. The van der Waals surface area contributed by atoms with Gasteiger partial charge >= 0.3 is 0 Å². The first-order valence-electron chi connectivity index (χ1n) is 9.15. The lowest BCUT2D eigenvalue weighted by molar-refractivity contribution is -0.132. The fourth-order valence-electron chi connectivity index (χ4n) is 4.85. The van der Waals surface area contributed by atoms with Crippen molar-refractivity contribution in [3.8, 4) is 0 Å². The minimum atomic E-state index is -0.366. The molecule has 3 atom stereocenters. The average Bonchev–Trinajstić information content (AvgIpc) is 2.64. The fourth-order valence-corrected chi connectivity index (χ4v) is 4.85. The third-order valence-electron chi connectivity index (χ3n) is 6.53. The van der Waals surface area contributed by atoms with Crippen molar-refractivity contribution in [3.63, 3.8) is 0 Å². The number of ketones is 1. The second-order valence-electron chi connectivity index (χ2n) is 8.87. The zero-order valence-electron chi connectivity index (χ0n) is 15.9. The number of allylic oxidation sites excluding steroid dienone is 3. The van der Waals surface area contributed by atoms with E-state index >= 15 is 0 Å². The van der Waals surface area contributed by atoms with Crippen molar-refractivity contribution in [2.24, 2.45) is 22.7 Å². The van der Waals surface area contributed by atoms with Crippen molar-refractivity contribution < 1.29 is 4.79 Å². The largest absolute Gasteiger partial charge is 0.298 e. The van der Waals surface area contributed by atoms with Gasteiger partial charge in [0.25, 0.3) is 0 Å². The molecule has 2 bridgehead atoms. The summed E-state index contributed by atoms with van der Waals surface area (Å²) in [5.74, 6) is 0.928. The van der Waals surface area contributed by atoms with E-state index in [2.05, 4.69) is 71.9 Å². The van der Waals surface area contributed by atoms with Crippen LogP contribution in [0, 0.1) is 22.7 Å². The fraction of sp³-hybridized carbons (Fsp3) is 0.522.